The Balaban J connectivity index is 1.67. The van der Waals surface area contributed by atoms with Crippen molar-refractivity contribution >= 4 is 22.8 Å². The van der Waals surface area contributed by atoms with Gasteiger partial charge in [-0.25, -0.2) is 5.10 Å². The number of nitrogens with one attached hydrogen (secondary N) is 2. The first-order valence-electron chi connectivity index (χ1n) is 7.89. The van der Waals surface area contributed by atoms with E-state index in [4.69, 9.17) is 4.74 Å². The third-order valence-corrected chi connectivity index (χ3v) is 4.99. The van der Waals surface area contributed by atoms with Gasteiger partial charge >= 0.3 is 0 Å². The van der Waals surface area contributed by atoms with Crippen LogP contribution in [0.3, 0.4) is 0 Å². The summed E-state index contributed by atoms with van der Waals surface area (Å²) < 4.78 is 7.48. The van der Waals surface area contributed by atoms with Crippen molar-refractivity contribution in [2.24, 2.45) is 4.99 Å². The van der Waals surface area contributed by atoms with E-state index >= 15 is 0 Å². The van der Waals surface area contributed by atoms with Gasteiger partial charge in [0.15, 0.2) is 5.17 Å². The standard InChI is InChI=1S/C15H17N5O3S/c21-13(17-15-16-3-5-24-15)10-7-20(6-9-2-1-4-23-9)8-11-12(10)18-19-14(11)22/h7-9H,1-6H2,(H,19,22)(H,16,17,21)/t9-/m1/s1. The second kappa shape index (κ2) is 6.40. The highest BCUT2D eigenvalue weighted by molar-refractivity contribution is 8.14. The molecule has 0 aromatic rings. The molecule has 4 aliphatic heterocycles. The average molecular weight is 347 g/mol. The first kappa shape index (κ1) is 15.4. The summed E-state index contributed by atoms with van der Waals surface area (Å²) in [6.07, 6.45) is 5.58. The number of fused-ring (bicyclic) bond motifs is 1. The molecule has 4 aliphatic rings. The Morgan fingerprint density at radius 1 is 1.50 bits per heavy atom. The monoisotopic (exact) mass is 347 g/mol. The number of hydrogen-bond acceptors (Lipinski definition) is 6. The third kappa shape index (κ3) is 2.96. The molecule has 0 aromatic heterocycles. The van der Waals surface area contributed by atoms with Crippen LogP contribution >= 0.6 is 11.8 Å². The number of aromatic amines is 1. The fourth-order valence-corrected chi connectivity index (χ4v) is 3.68. The molecule has 126 valence electrons. The maximum atomic E-state index is 12.6. The van der Waals surface area contributed by atoms with Gasteiger partial charge in [0.05, 0.1) is 23.8 Å². The number of hydrogen-bond donors (Lipinski definition) is 2. The number of aromatic nitrogens is 3. The summed E-state index contributed by atoms with van der Waals surface area (Å²) in [6.45, 7) is 2.07. The Kier molecular flexibility index (Phi) is 4.11. The van der Waals surface area contributed by atoms with Gasteiger partial charge in [0.1, 0.15) is 5.69 Å². The lowest BCUT2D eigenvalue weighted by Crippen LogP contribution is -2.29. The Labute approximate surface area is 142 Å². The van der Waals surface area contributed by atoms with Crippen molar-refractivity contribution in [2.45, 2.75) is 25.5 Å². The largest absolute Gasteiger partial charge is 0.376 e. The lowest BCUT2D eigenvalue weighted by molar-refractivity contribution is 0.0950. The van der Waals surface area contributed by atoms with Crippen LogP contribution in [0, 0.1) is 0 Å². The molecule has 4 heterocycles. The maximum absolute atomic E-state index is 12.6. The molecule has 2 N–H and O–H groups in total. The van der Waals surface area contributed by atoms with Crippen molar-refractivity contribution in [1.29, 1.82) is 0 Å². The van der Waals surface area contributed by atoms with Crippen molar-refractivity contribution in [3.05, 3.63) is 28.3 Å². The molecule has 1 saturated heterocycles. The molecule has 4 rings (SSSR count). The fraction of sp³-hybridized carbons (Fsp3) is 0.467. The minimum Gasteiger partial charge on any atom is -0.376 e. The number of amidine groups is 1. The van der Waals surface area contributed by atoms with Crippen LogP contribution in [0.4, 0.5) is 0 Å². The summed E-state index contributed by atoms with van der Waals surface area (Å²) in [5.41, 5.74) is 0.846. The molecule has 24 heavy (non-hydrogen) atoms. The van der Waals surface area contributed by atoms with E-state index in [1.807, 2.05) is 4.57 Å². The lowest BCUT2D eigenvalue weighted by atomic mass is 10.1. The zero-order valence-corrected chi connectivity index (χ0v) is 13.8. The number of aliphatic imine (C=N–C) groups is 1. The van der Waals surface area contributed by atoms with Crippen molar-refractivity contribution in [3.63, 3.8) is 0 Å². The number of H-pyrrole nitrogens is 1. The number of pyridine rings is 1. The Morgan fingerprint density at radius 3 is 3.17 bits per heavy atom. The highest BCUT2D eigenvalue weighted by Crippen LogP contribution is 2.22. The van der Waals surface area contributed by atoms with Crippen molar-refractivity contribution in [3.8, 4) is 11.3 Å². The summed E-state index contributed by atoms with van der Waals surface area (Å²) in [5, 5.41) is 9.82. The highest BCUT2D eigenvalue weighted by Gasteiger charge is 2.24. The van der Waals surface area contributed by atoms with Gasteiger partial charge in [0, 0.05) is 31.3 Å². The van der Waals surface area contributed by atoms with Gasteiger partial charge in [-0.1, -0.05) is 11.8 Å². The minimum atomic E-state index is -0.304. The molecule has 0 saturated carbocycles. The number of thioether (sulfide) groups is 1. The summed E-state index contributed by atoms with van der Waals surface area (Å²) in [5.74, 6) is 0.563. The van der Waals surface area contributed by atoms with Gasteiger partial charge in [-0.3, -0.25) is 14.6 Å². The molecule has 0 bridgehead atoms. The van der Waals surface area contributed by atoms with Crippen LogP contribution in [-0.2, 0) is 11.3 Å². The quantitative estimate of drug-likeness (QED) is 0.850. The number of nitrogens with zero attached hydrogens (tertiary/aromatic N) is 3. The predicted molar refractivity (Wildman–Crippen MR) is 90.7 cm³/mol. The molecule has 0 aliphatic carbocycles. The Bertz CT molecular complexity index is 821. The van der Waals surface area contributed by atoms with Crippen LogP contribution in [-0.4, -0.2) is 50.8 Å². The van der Waals surface area contributed by atoms with E-state index in [1.54, 1.807) is 12.4 Å². The van der Waals surface area contributed by atoms with Crippen LogP contribution in [0.15, 0.2) is 22.2 Å². The summed E-state index contributed by atoms with van der Waals surface area (Å²) in [7, 11) is 0. The Morgan fingerprint density at radius 2 is 2.42 bits per heavy atom. The number of rotatable bonds is 3. The van der Waals surface area contributed by atoms with Crippen molar-refractivity contribution in [1.82, 2.24) is 20.1 Å². The molecule has 0 aromatic carbocycles. The Hall–Kier alpha value is -2.13. The molecule has 0 spiro atoms. The molecular formula is C15H17N5O3S. The van der Waals surface area contributed by atoms with Crippen LogP contribution in [0.1, 0.15) is 23.2 Å². The van der Waals surface area contributed by atoms with E-state index in [1.165, 1.54) is 11.8 Å². The zero-order chi connectivity index (χ0) is 16.5. The van der Waals surface area contributed by atoms with Gasteiger partial charge in [-0.2, -0.15) is 5.10 Å². The SMILES string of the molecule is O=C(NC1=NCCS1)c1cn(C[C@H]2CCCO2)cc2c(=O)[nH]nc1-2. The van der Waals surface area contributed by atoms with E-state index < -0.39 is 0 Å². The minimum absolute atomic E-state index is 0.111. The van der Waals surface area contributed by atoms with Gasteiger partial charge in [-0.15, -0.1) is 0 Å². The van der Waals surface area contributed by atoms with Crippen LogP contribution in [0.5, 0.6) is 0 Å². The molecule has 0 radical (unpaired) electrons. The third-order valence-electron chi connectivity index (χ3n) is 4.10. The lowest BCUT2D eigenvalue weighted by Gasteiger charge is -2.16. The first-order valence-corrected chi connectivity index (χ1v) is 8.87. The van der Waals surface area contributed by atoms with Crippen LogP contribution < -0.4 is 10.9 Å². The predicted octanol–water partition coefficient (Wildman–Crippen LogP) is 0.688. The zero-order valence-electron chi connectivity index (χ0n) is 12.9. The maximum Gasteiger partial charge on any atom is 0.275 e. The van der Waals surface area contributed by atoms with Crippen molar-refractivity contribution < 1.29 is 9.53 Å². The molecule has 1 fully saturated rings. The molecular weight excluding hydrogens is 330 g/mol. The molecule has 1 amide bonds. The smallest absolute Gasteiger partial charge is 0.275 e. The molecule has 0 unspecified atom stereocenters. The second-order valence-electron chi connectivity index (χ2n) is 5.81. The molecule has 8 nitrogen and oxygen atoms in total. The average Bonchev–Trinajstić information content (AvgIpc) is 3.31. The molecule has 1 atom stereocenters. The number of ether oxygens (including phenoxy) is 1. The van der Waals surface area contributed by atoms with Crippen molar-refractivity contribution in [2.75, 3.05) is 18.9 Å². The van der Waals surface area contributed by atoms with Gasteiger partial charge < -0.3 is 14.6 Å². The number of carbonyl (C=O) groups is 1. The normalized spacial score (nSPS) is 20.5. The summed E-state index contributed by atoms with van der Waals surface area (Å²) in [6, 6.07) is 0. The van der Waals surface area contributed by atoms with Crippen LogP contribution in [0.2, 0.25) is 0 Å². The topological polar surface area (TPSA) is 101 Å². The first-order chi connectivity index (χ1) is 11.7. The molecule has 9 heteroatoms. The van der Waals surface area contributed by atoms with E-state index in [0.717, 1.165) is 25.2 Å². The van der Waals surface area contributed by atoms with Crippen LogP contribution in [0.25, 0.3) is 11.3 Å². The van der Waals surface area contributed by atoms with Gasteiger partial charge in [-0.05, 0) is 12.8 Å². The summed E-state index contributed by atoms with van der Waals surface area (Å²) >= 11 is 1.51. The number of carbonyl (C=O) groups excluding carboxylic acids is 1. The van der Waals surface area contributed by atoms with Gasteiger partial charge in [0.25, 0.3) is 11.5 Å². The van der Waals surface area contributed by atoms with E-state index in [0.29, 0.717) is 35.1 Å². The van der Waals surface area contributed by atoms with E-state index in [-0.39, 0.29) is 17.6 Å². The second-order valence-corrected chi connectivity index (χ2v) is 6.89. The van der Waals surface area contributed by atoms with E-state index in [2.05, 4.69) is 20.5 Å². The number of amides is 1. The van der Waals surface area contributed by atoms with E-state index in [9.17, 15) is 9.59 Å². The van der Waals surface area contributed by atoms with Gasteiger partial charge in [0.2, 0.25) is 0 Å². The summed E-state index contributed by atoms with van der Waals surface area (Å²) in [4.78, 5) is 28.8. The highest BCUT2D eigenvalue weighted by atomic mass is 32.2. The fourth-order valence-electron chi connectivity index (χ4n) is 2.96.